The summed E-state index contributed by atoms with van der Waals surface area (Å²) in [5.74, 6) is -0.201. The number of benzene rings is 1. The summed E-state index contributed by atoms with van der Waals surface area (Å²) >= 11 is 1.63. The van der Waals surface area contributed by atoms with Crippen LogP contribution in [-0.4, -0.2) is 37.1 Å². The fourth-order valence-electron chi connectivity index (χ4n) is 2.82. The molecule has 0 spiro atoms. The van der Waals surface area contributed by atoms with Crippen LogP contribution in [0.1, 0.15) is 10.6 Å². The van der Waals surface area contributed by atoms with Gasteiger partial charge in [0.1, 0.15) is 0 Å². The lowest BCUT2D eigenvalue weighted by Crippen LogP contribution is -2.43. The van der Waals surface area contributed by atoms with Gasteiger partial charge in [0.05, 0.1) is 17.6 Å². The smallest absolute Gasteiger partial charge is 0.298 e. The topological polar surface area (TPSA) is 96.4 Å². The fourth-order valence-corrected chi connectivity index (χ4v) is 3.54. The average Bonchev–Trinajstić information content (AvgIpc) is 3.36. The van der Waals surface area contributed by atoms with Crippen molar-refractivity contribution in [2.24, 2.45) is 0 Å². The van der Waals surface area contributed by atoms with E-state index in [0.717, 1.165) is 36.6 Å². The fraction of sp³-hybridized carbons (Fsp3) is 0.222. The largest absolute Gasteiger partial charge is 0.418 e. The molecule has 26 heavy (non-hydrogen) atoms. The molecule has 3 heterocycles. The molecule has 4 N–H and O–H groups in total. The van der Waals surface area contributed by atoms with E-state index in [1.165, 1.54) is 6.20 Å². The van der Waals surface area contributed by atoms with Crippen LogP contribution in [0, 0.1) is 0 Å². The molecule has 3 aromatic rings. The van der Waals surface area contributed by atoms with E-state index in [4.69, 9.17) is 10.2 Å². The number of piperazine rings is 1. The lowest BCUT2D eigenvalue weighted by molar-refractivity contribution is 0.0997. The van der Waals surface area contributed by atoms with Crippen LogP contribution in [0.3, 0.4) is 0 Å². The van der Waals surface area contributed by atoms with Gasteiger partial charge in [-0.1, -0.05) is 12.1 Å². The second-order valence-corrected chi connectivity index (χ2v) is 6.93. The van der Waals surface area contributed by atoms with Gasteiger partial charge in [0.25, 0.3) is 11.9 Å². The standard InChI is InChI=1S/C18H19N5O2S/c19-13-4-3-12(16-2-1-9-26-16)10-14(13)22-17(24)15-11-21-18(25-15)23-7-5-20-6-8-23/h1-4,9-11,20H,5-8,19H2,(H,22,24). The Bertz CT molecular complexity index is 900. The monoisotopic (exact) mass is 369 g/mol. The molecule has 1 fully saturated rings. The van der Waals surface area contributed by atoms with Gasteiger partial charge in [0.15, 0.2) is 0 Å². The molecule has 0 bridgehead atoms. The molecule has 0 atom stereocenters. The summed E-state index contributed by atoms with van der Waals surface area (Å²) in [7, 11) is 0. The van der Waals surface area contributed by atoms with Crippen molar-refractivity contribution < 1.29 is 9.21 Å². The second kappa shape index (κ2) is 7.19. The summed E-state index contributed by atoms with van der Waals surface area (Å²) in [6.45, 7) is 3.35. The van der Waals surface area contributed by atoms with Gasteiger partial charge in [-0.15, -0.1) is 11.3 Å². The molecule has 1 aliphatic rings. The molecule has 1 amide bonds. The van der Waals surface area contributed by atoms with Crippen molar-refractivity contribution in [2.75, 3.05) is 42.1 Å². The van der Waals surface area contributed by atoms with Crippen molar-refractivity contribution in [3.05, 3.63) is 47.7 Å². The summed E-state index contributed by atoms with van der Waals surface area (Å²) < 4.78 is 5.64. The molecule has 0 saturated carbocycles. The summed E-state index contributed by atoms with van der Waals surface area (Å²) in [6.07, 6.45) is 1.45. The highest BCUT2D eigenvalue weighted by Gasteiger charge is 2.19. The number of oxazole rings is 1. The first kappa shape index (κ1) is 16.6. The molecular formula is C18H19N5O2S. The Balaban J connectivity index is 1.51. The van der Waals surface area contributed by atoms with E-state index in [9.17, 15) is 4.79 Å². The minimum Gasteiger partial charge on any atom is -0.418 e. The number of hydrogen-bond donors (Lipinski definition) is 3. The zero-order valence-corrected chi connectivity index (χ0v) is 14.9. The predicted octanol–water partition coefficient (Wildman–Crippen LogP) is 2.65. The summed E-state index contributed by atoms with van der Waals surface area (Å²) in [5.41, 5.74) is 8.08. The molecule has 4 rings (SSSR count). The van der Waals surface area contributed by atoms with Gasteiger partial charge in [0, 0.05) is 31.1 Å². The predicted molar refractivity (Wildman–Crippen MR) is 104 cm³/mol. The SMILES string of the molecule is Nc1ccc(-c2cccs2)cc1NC(=O)c1cnc(N2CCNCC2)o1. The van der Waals surface area contributed by atoms with Crippen LogP contribution in [0.5, 0.6) is 0 Å². The van der Waals surface area contributed by atoms with Crippen LogP contribution < -0.4 is 21.3 Å². The first-order chi connectivity index (χ1) is 12.7. The number of carbonyl (C=O) groups excluding carboxylic acids is 1. The molecule has 7 nitrogen and oxygen atoms in total. The maximum Gasteiger partial charge on any atom is 0.298 e. The number of thiophene rings is 1. The Morgan fingerprint density at radius 1 is 1.31 bits per heavy atom. The van der Waals surface area contributed by atoms with Crippen LogP contribution >= 0.6 is 11.3 Å². The highest BCUT2D eigenvalue weighted by Crippen LogP contribution is 2.30. The third-order valence-electron chi connectivity index (χ3n) is 4.21. The van der Waals surface area contributed by atoms with Gasteiger partial charge < -0.3 is 25.7 Å². The van der Waals surface area contributed by atoms with Gasteiger partial charge in [0.2, 0.25) is 5.76 Å². The number of anilines is 3. The molecular weight excluding hydrogens is 350 g/mol. The first-order valence-corrected chi connectivity index (χ1v) is 9.25. The Kier molecular flexibility index (Phi) is 4.59. The van der Waals surface area contributed by atoms with E-state index in [0.29, 0.717) is 17.4 Å². The van der Waals surface area contributed by atoms with Gasteiger partial charge >= 0.3 is 0 Å². The van der Waals surface area contributed by atoms with E-state index in [1.54, 1.807) is 17.4 Å². The van der Waals surface area contributed by atoms with Gasteiger partial charge in [-0.05, 0) is 29.1 Å². The molecule has 2 aromatic heterocycles. The lowest BCUT2D eigenvalue weighted by Gasteiger charge is -2.25. The Morgan fingerprint density at radius 2 is 2.15 bits per heavy atom. The average molecular weight is 369 g/mol. The summed E-state index contributed by atoms with van der Waals surface area (Å²) in [6, 6.07) is 10.1. The number of nitrogens with one attached hydrogen (secondary N) is 2. The number of hydrogen-bond acceptors (Lipinski definition) is 7. The third-order valence-corrected chi connectivity index (χ3v) is 5.13. The highest BCUT2D eigenvalue weighted by atomic mass is 32.1. The van der Waals surface area contributed by atoms with E-state index < -0.39 is 0 Å². The molecule has 0 radical (unpaired) electrons. The number of amides is 1. The summed E-state index contributed by atoms with van der Waals surface area (Å²) in [5, 5.41) is 8.10. The van der Waals surface area contributed by atoms with Crippen molar-refractivity contribution in [1.29, 1.82) is 0 Å². The van der Waals surface area contributed by atoms with Crippen LogP contribution in [0.25, 0.3) is 10.4 Å². The minimum absolute atomic E-state index is 0.166. The number of nitrogens with zero attached hydrogens (tertiary/aromatic N) is 2. The molecule has 8 heteroatoms. The number of carbonyl (C=O) groups is 1. The highest BCUT2D eigenvalue weighted by molar-refractivity contribution is 7.13. The Labute approximate surface area is 154 Å². The quantitative estimate of drug-likeness (QED) is 0.612. The Morgan fingerprint density at radius 3 is 2.92 bits per heavy atom. The van der Waals surface area contributed by atoms with Crippen molar-refractivity contribution in [3.63, 3.8) is 0 Å². The third kappa shape index (κ3) is 3.42. The normalized spacial score (nSPS) is 14.4. The van der Waals surface area contributed by atoms with Crippen LogP contribution in [0.4, 0.5) is 17.4 Å². The summed E-state index contributed by atoms with van der Waals surface area (Å²) in [4.78, 5) is 19.9. The molecule has 0 aliphatic carbocycles. The number of nitrogen functional groups attached to an aromatic ring is 1. The van der Waals surface area contributed by atoms with Crippen molar-refractivity contribution in [2.45, 2.75) is 0 Å². The van der Waals surface area contributed by atoms with E-state index >= 15 is 0 Å². The maximum absolute atomic E-state index is 12.5. The molecule has 1 aliphatic heterocycles. The molecule has 1 aromatic carbocycles. The molecule has 134 valence electrons. The van der Waals surface area contributed by atoms with Crippen LogP contribution in [0.2, 0.25) is 0 Å². The van der Waals surface area contributed by atoms with Crippen molar-refractivity contribution in [3.8, 4) is 10.4 Å². The number of aromatic nitrogens is 1. The van der Waals surface area contributed by atoms with Crippen LogP contribution in [-0.2, 0) is 0 Å². The van der Waals surface area contributed by atoms with E-state index in [-0.39, 0.29) is 11.7 Å². The minimum atomic E-state index is -0.367. The second-order valence-electron chi connectivity index (χ2n) is 5.98. The van der Waals surface area contributed by atoms with E-state index in [2.05, 4.69) is 15.6 Å². The van der Waals surface area contributed by atoms with Crippen molar-refractivity contribution in [1.82, 2.24) is 10.3 Å². The number of nitrogens with two attached hydrogens (primary N) is 1. The van der Waals surface area contributed by atoms with Gasteiger partial charge in [-0.2, -0.15) is 0 Å². The van der Waals surface area contributed by atoms with Gasteiger partial charge in [-0.25, -0.2) is 4.98 Å². The zero-order valence-electron chi connectivity index (χ0n) is 14.1. The van der Waals surface area contributed by atoms with Gasteiger partial charge in [-0.3, -0.25) is 4.79 Å². The number of rotatable bonds is 4. The molecule has 0 unspecified atom stereocenters. The Hall–Kier alpha value is -2.84. The van der Waals surface area contributed by atoms with E-state index in [1.807, 2.05) is 34.5 Å². The first-order valence-electron chi connectivity index (χ1n) is 8.37. The van der Waals surface area contributed by atoms with Crippen LogP contribution in [0.15, 0.2) is 46.3 Å². The molecule has 1 saturated heterocycles. The zero-order chi connectivity index (χ0) is 17.9. The van der Waals surface area contributed by atoms with Crippen molar-refractivity contribution >= 4 is 34.6 Å². The maximum atomic E-state index is 12.5. The lowest BCUT2D eigenvalue weighted by atomic mass is 10.1.